The Kier molecular flexibility index (Phi) is 8.12. The third-order valence-corrected chi connectivity index (χ3v) is 6.24. The van der Waals surface area contributed by atoms with Crippen molar-refractivity contribution < 1.29 is 19.5 Å². The predicted octanol–water partition coefficient (Wildman–Crippen LogP) is 3.22. The zero-order valence-electron chi connectivity index (χ0n) is 20.4. The summed E-state index contributed by atoms with van der Waals surface area (Å²) in [6.45, 7) is 5.81. The SMILES string of the molecule is CCCCNC(=O)CN1CCN(c2cc(C(=O)O)c3cc(NC(=O)c4ccccc4)ccc3n2)CC1. The fraction of sp³-hybridized carbons (Fsp3) is 0.333. The van der Waals surface area contributed by atoms with Gasteiger partial charge in [0.1, 0.15) is 5.82 Å². The number of piperazine rings is 1. The summed E-state index contributed by atoms with van der Waals surface area (Å²) in [7, 11) is 0. The maximum absolute atomic E-state index is 12.5. The molecule has 2 heterocycles. The van der Waals surface area contributed by atoms with Crippen LogP contribution in [0.25, 0.3) is 10.9 Å². The minimum atomic E-state index is -1.06. The fourth-order valence-electron chi connectivity index (χ4n) is 4.22. The fourth-order valence-corrected chi connectivity index (χ4v) is 4.22. The molecule has 0 spiro atoms. The number of aromatic carboxylic acids is 1. The largest absolute Gasteiger partial charge is 0.478 e. The molecule has 0 atom stereocenters. The molecule has 2 aromatic carbocycles. The number of fused-ring (bicyclic) bond motifs is 1. The van der Waals surface area contributed by atoms with E-state index in [0.29, 0.717) is 67.2 Å². The summed E-state index contributed by atoms with van der Waals surface area (Å²) in [5, 5.41) is 16.1. The second kappa shape index (κ2) is 11.6. The second-order valence-electron chi connectivity index (χ2n) is 8.85. The predicted molar refractivity (Wildman–Crippen MR) is 140 cm³/mol. The number of aromatic nitrogens is 1. The highest BCUT2D eigenvalue weighted by Crippen LogP contribution is 2.27. The standard InChI is InChI=1S/C27H31N5O4/c1-2-3-11-28-25(33)18-31-12-14-32(15-13-31)24-17-22(27(35)36)21-16-20(9-10-23(21)30-24)29-26(34)19-7-5-4-6-8-19/h4-10,16-17H,2-3,11-15,18H2,1H3,(H,28,33)(H,29,34)(H,35,36). The molecule has 1 aliphatic heterocycles. The van der Waals surface area contributed by atoms with Crippen molar-refractivity contribution in [3.63, 3.8) is 0 Å². The van der Waals surface area contributed by atoms with E-state index in [1.54, 1.807) is 48.5 Å². The Labute approximate surface area is 210 Å². The average molecular weight is 490 g/mol. The van der Waals surface area contributed by atoms with E-state index in [9.17, 15) is 19.5 Å². The molecular weight excluding hydrogens is 458 g/mol. The lowest BCUT2D eigenvalue weighted by Gasteiger charge is -2.35. The monoisotopic (exact) mass is 489 g/mol. The molecule has 1 saturated heterocycles. The van der Waals surface area contributed by atoms with Gasteiger partial charge in [0.05, 0.1) is 17.6 Å². The van der Waals surface area contributed by atoms with Crippen molar-refractivity contribution in [3.05, 3.63) is 65.7 Å². The lowest BCUT2D eigenvalue weighted by molar-refractivity contribution is -0.122. The number of nitrogens with one attached hydrogen (secondary N) is 2. The third kappa shape index (κ3) is 6.17. The molecule has 36 heavy (non-hydrogen) atoms. The molecule has 9 heteroatoms. The van der Waals surface area contributed by atoms with Crippen LogP contribution in [0.2, 0.25) is 0 Å². The molecule has 3 N–H and O–H groups in total. The molecular formula is C27H31N5O4. The van der Waals surface area contributed by atoms with Crippen molar-refractivity contribution >= 4 is 40.2 Å². The zero-order valence-corrected chi connectivity index (χ0v) is 20.4. The number of rotatable bonds is 9. The maximum Gasteiger partial charge on any atom is 0.336 e. The van der Waals surface area contributed by atoms with Gasteiger partial charge in [-0.3, -0.25) is 14.5 Å². The van der Waals surface area contributed by atoms with E-state index >= 15 is 0 Å². The lowest BCUT2D eigenvalue weighted by atomic mass is 10.1. The zero-order chi connectivity index (χ0) is 25.5. The summed E-state index contributed by atoms with van der Waals surface area (Å²) >= 11 is 0. The Morgan fingerprint density at radius 1 is 1.00 bits per heavy atom. The highest BCUT2D eigenvalue weighted by molar-refractivity contribution is 6.08. The normalized spacial score (nSPS) is 14.0. The van der Waals surface area contributed by atoms with Gasteiger partial charge in [-0.05, 0) is 42.8 Å². The van der Waals surface area contributed by atoms with Crippen molar-refractivity contribution in [2.75, 3.05) is 49.5 Å². The van der Waals surface area contributed by atoms with Gasteiger partial charge < -0.3 is 20.6 Å². The van der Waals surface area contributed by atoms with Crippen LogP contribution in [0.5, 0.6) is 0 Å². The first-order valence-electron chi connectivity index (χ1n) is 12.2. The van der Waals surface area contributed by atoms with E-state index in [-0.39, 0.29) is 17.4 Å². The van der Waals surface area contributed by atoms with Gasteiger partial charge in [0, 0.05) is 49.4 Å². The smallest absolute Gasteiger partial charge is 0.336 e. The molecule has 9 nitrogen and oxygen atoms in total. The number of unbranched alkanes of at least 4 members (excludes halogenated alkanes) is 1. The second-order valence-corrected chi connectivity index (χ2v) is 8.85. The molecule has 0 bridgehead atoms. The number of carboxylic acids is 1. The third-order valence-electron chi connectivity index (χ3n) is 6.24. The molecule has 0 aliphatic carbocycles. The minimum absolute atomic E-state index is 0.0315. The first kappa shape index (κ1) is 25.1. The van der Waals surface area contributed by atoms with Crippen LogP contribution < -0.4 is 15.5 Å². The van der Waals surface area contributed by atoms with E-state index < -0.39 is 5.97 Å². The summed E-state index contributed by atoms with van der Waals surface area (Å²) in [5.41, 5.74) is 1.69. The number of carboxylic acid groups (broad SMARTS) is 1. The summed E-state index contributed by atoms with van der Waals surface area (Å²) in [6.07, 6.45) is 2.01. The van der Waals surface area contributed by atoms with Crippen LogP contribution >= 0.6 is 0 Å². The first-order chi connectivity index (χ1) is 17.4. The van der Waals surface area contributed by atoms with Crippen molar-refractivity contribution in [2.24, 2.45) is 0 Å². The Hall–Kier alpha value is -3.98. The van der Waals surface area contributed by atoms with Gasteiger partial charge >= 0.3 is 5.97 Å². The Balaban J connectivity index is 1.46. The molecule has 3 aromatic rings. The van der Waals surface area contributed by atoms with E-state index in [0.717, 1.165) is 12.8 Å². The molecule has 1 aliphatic rings. The van der Waals surface area contributed by atoms with E-state index in [1.807, 2.05) is 11.0 Å². The van der Waals surface area contributed by atoms with Crippen LogP contribution in [0.4, 0.5) is 11.5 Å². The molecule has 2 amide bonds. The van der Waals surface area contributed by atoms with Gasteiger partial charge in [0.15, 0.2) is 0 Å². The lowest BCUT2D eigenvalue weighted by Crippen LogP contribution is -2.49. The van der Waals surface area contributed by atoms with E-state index in [1.165, 1.54) is 0 Å². The number of hydrogen-bond donors (Lipinski definition) is 3. The molecule has 1 aromatic heterocycles. The van der Waals surface area contributed by atoms with Gasteiger partial charge in [-0.25, -0.2) is 9.78 Å². The summed E-state index contributed by atoms with van der Waals surface area (Å²) in [5.74, 6) is -0.706. The minimum Gasteiger partial charge on any atom is -0.478 e. The van der Waals surface area contributed by atoms with E-state index in [2.05, 4.69) is 22.5 Å². The molecule has 1 fully saturated rings. The molecule has 188 valence electrons. The van der Waals surface area contributed by atoms with Gasteiger partial charge in [-0.1, -0.05) is 31.5 Å². The van der Waals surface area contributed by atoms with Gasteiger partial charge in [-0.2, -0.15) is 0 Å². The Morgan fingerprint density at radius 2 is 1.75 bits per heavy atom. The van der Waals surface area contributed by atoms with Gasteiger partial charge in [-0.15, -0.1) is 0 Å². The molecule has 4 rings (SSSR count). The highest BCUT2D eigenvalue weighted by atomic mass is 16.4. The average Bonchev–Trinajstić information content (AvgIpc) is 2.89. The van der Waals surface area contributed by atoms with Crippen molar-refractivity contribution in [2.45, 2.75) is 19.8 Å². The van der Waals surface area contributed by atoms with Crippen molar-refractivity contribution in [1.29, 1.82) is 0 Å². The summed E-state index contributed by atoms with van der Waals surface area (Å²) < 4.78 is 0. The Morgan fingerprint density at radius 3 is 2.44 bits per heavy atom. The van der Waals surface area contributed by atoms with E-state index in [4.69, 9.17) is 4.98 Å². The van der Waals surface area contributed by atoms with Gasteiger partial charge in [0.25, 0.3) is 5.91 Å². The number of nitrogens with zero attached hydrogens (tertiary/aromatic N) is 3. The van der Waals surface area contributed by atoms with Gasteiger partial charge in [0.2, 0.25) is 5.91 Å². The number of pyridine rings is 1. The number of anilines is 2. The summed E-state index contributed by atoms with van der Waals surface area (Å²) in [4.78, 5) is 45.6. The molecule has 0 saturated carbocycles. The topological polar surface area (TPSA) is 115 Å². The van der Waals surface area contributed by atoms with Crippen molar-refractivity contribution in [1.82, 2.24) is 15.2 Å². The number of amides is 2. The number of carbonyl (C=O) groups excluding carboxylic acids is 2. The first-order valence-corrected chi connectivity index (χ1v) is 12.2. The van der Waals surface area contributed by atoms with Crippen LogP contribution in [0.1, 0.15) is 40.5 Å². The maximum atomic E-state index is 12.5. The molecule has 0 unspecified atom stereocenters. The number of carbonyl (C=O) groups is 3. The number of benzene rings is 2. The van der Waals surface area contributed by atoms with Crippen LogP contribution in [0, 0.1) is 0 Å². The summed E-state index contributed by atoms with van der Waals surface area (Å²) in [6, 6.07) is 15.5. The quantitative estimate of drug-likeness (QED) is 0.395. The van der Waals surface area contributed by atoms with Crippen LogP contribution in [-0.2, 0) is 4.79 Å². The number of hydrogen-bond acceptors (Lipinski definition) is 6. The van der Waals surface area contributed by atoms with Crippen LogP contribution in [-0.4, -0.2) is 72.0 Å². The van der Waals surface area contributed by atoms with Crippen LogP contribution in [0.3, 0.4) is 0 Å². The Bertz CT molecular complexity index is 1240. The molecule has 0 radical (unpaired) electrons. The van der Waals surface area contributed by atoms with Crippen molar-refractivity contribution in [3.8, 4) is 0 Å². The van der Waals surface area contributed by atoms with Crippen LogP contribution in [0.15, 0.2) is 54.6 Å². The highest BCUT2D eigenvalue weighted by Gasteiger charge is 2.22.